The summed E-state index contributed by atoms with van der Waals surface area (Å²) in [5, 5.41) is 2.69. The second-order valence-electron chi connectivity index (χ2n) is 5.07. The molecule has 0 atom stereocenters. The Balaban J connectivity index is 2.21. The Morgan fingerprint density at radius 2 is 1.89 bits per heavy atom. The van der Waals surface area contributed by atoms with E-state index in [1.54, 1.807) is 0 Å². The molecule has 1 fully saturated rings. The van der Waals surface area contributed by atoms with Crippen LogP contribution >= 0.6 is 0 Å². The number of fused-ring (bicyclic) bond motifs is 1. The highest BCUT2D eigenvalue weighted by molar-refractivity contribution is 7.93. The molecule has 0 saturated heterocycles. The fourth-order valence-corrected chi connectivity index (χ4v) is 5.03. The first-order chi connectivity index (χ1) is 8.78. The van der Waals surface area contributed by atoms with E-state index in [-0.39, 0.29) is 17.1 Å². The Morgan fingerprint density at radius 3 is 2.42 bits per heavy atom. The van der Waals surface area contributed by atoms with Crippen molar-refractivity contribution < 1.29 is 21.6 Å². The summed E-state index contributed by atoms with van der Waals surface area (Å²) in [5.74, 6) is 0. The monoisotopic (exact) mass is 291 g/mol. The summed E-state index contributed by atoms with van der Waals surface area (Å²) in [6.45, 7) is 0.0649. The van der Waals surface area contributed by atoms with Crippen molar-refractivity contribution in [1.82, 2.24) is 0 Å². The van der Waals surface area contributed by atoms with Gasteiger partial charge < -0.3 is 5.32 Å². The molecule has 7 heteroatoms. The van der Waals surface area contributed by atoms with Gasteiger partial charge in [0.2, 0.25) is 0 Å². The zero-order valence-electron chi connectivity index (χ0n) is 9.92. The van der Waals surface area contributed by atoms with Crippen LogP contribution in [0.2, 0.25) is 0 Å². The third kappa shape index (κ3) is 1.60. The van der Waals surface area contributed by atoms with E-state index in [4.69, 9.17) is 0 Å². The Bertz CT molecular complexity index is 633. The van der Waals surface area contributed by atoms with Crippen LogP contribution in [0.3, 0.4) is 0 Å². The van der Waals surface area contributed by atoms with Gasteiger partial charge >= 0.3 is 6.18 Å². The molecule has 0 amide bonds. The number of benzene rings is 1. The Hall–Kier alpha value is -1.24. The minimum absolute atomic E-state index is 0.0649. The van der Waals surface area contributed by atoms with Crippen LogP contribution in [0.1, 0.15) is 24.8 Å². The summed E-state index contributed by atoms with van der Waals surface area (Å²) in [5.41, 5.74) is -1.21. The average Bonchev–Trinajstić information content (AvgIpc) is 2.25. The summed E-state index contributed by atoms with van der Waals surface area (Å²) in [6, 6.07) is 3.31. The molecular weight excluding hydrogens is 279 g/mol. The highest BCUT2D eigenvalue weighted by Gasteiger charge is 2.53. The number of nitrogens with one attached hydrogen (secondary N) is 1. The first-order valence-corrected chi connectivity index (χ1v) is 7.45. The molecule has 1 aromatic carbocycles. The van der Waals surface area contributed by atoms with E-state index < -0.39 is 26.3 Å². The Labute approximate surface area is 108 Å². The van der Waals surface area contributed by atoms with E-state index in [0.717, 1.165) is 18.6 Å². The zero-order chi connectivity index (χ0) is 13.9. The standard InChI is InChI=1S/C12H12F3NO2S/c13-12(14,15)8-3-1-4-9-10(8)16-7-11(5-2-6-11)19(9,17)18/h1,3-4,16H,2,5-7H2. The van der Waals surface area contributed by atoms with Gasteiger partial charge in [0.05, 0.1) is 20.9 Å². The lowest BCUT2D eigenvalue weighted by molar-refractivity contribution is -0.137. The Morgan fingerprint density at radius 1 is 1.21 bits per heavy atom. The molecule has 3 rings (SSSR count). The van der Waals surface area contributed by atoms with E-state index in [2.05, 4.69) is 5.32 Å². The summed E-state index contributed by atoms with van der Waals surface area (Å²) in [6.07, 6.45) is -2.73. The SMILES string of the molecule is O=S1(=O)c2cccc(C(F)(F)F)c2NCC12CCC2. The number of anilines is 1. The van der Waals surface area contributed by atoms with Crippen LogP contribution in [0.25, 0.3) is 0 Å². The maximum atomic E-state index is 12.9. The van der Waals surface area contributed by atoms with Gasteiger partial charge in [0.1, 0.15) is 0 Å². The number of halogens is 3. The molecule has 1 spiro atoms. The molecule has 1 N–H and O–H groups in total. The van der Waals surface area contributed by atoms with Crippen molar-refractivity contribution in [2.75, 3.05) is 11.9 Å². The fraction of sp³-hybridized carbons (Fsp3) is 0.500. The van der Waals surface area contributed by atoms with Crippen LogP contribution in [0.5, 0.6) is 0 Å². The smallest absolute Gasteiger partial charge is 0.382 e. The van der Waals surface area contributed by atoms with Gasteiger partial charge in [-0.1, -0.05) is 12.5 Å². The number of hydrogen-bond acceptors (Lipinski definition) is 3. The lowest BCUT2D eigenvalue weighted by Crippen LogP contribution is -2.53. The summed E-state index contributed by atoms with van der Waals surface area (Å²) < 4.78 is 62.7. The van der Waals surface area contributed by atoms with E-state index in [1.807, 2.05) is 0 Å². The fourth-order valence-electron chi connectivity index (χ4n) is 2.77. The first-order valence-electron chi connectivity index (χ1n) is 5.97. The van der Waals surface area contributed by atoms with Crippen molar-refractivity contribution in [1.29, 1.82) is 0 Å². The normalized spacial score (nSPS) is 23.3. The van der Waals surface area contributed by atoms with Crippen LogP contribution in [0.15, 0.2) is 23.1 Å². The molecule has 2 aliphatic rings. The van der Waals surface area contributed by atoms with E-state index in [1.165, 1.54) is 6.07 Å². The molecule has 0 bridgehead atoms. The largest absolute Gasteiger partial charge is 0.418 e. The number of sulfone groups is 1. The molecule has 1 saturated carbocycles. The summed E-state index contributed by atoms with van der Waals surface area (Å²) in [7, 11) is -3.69. The first kappa shape index (κ1) is 12.8. The van der Waals surface area contributed by atoms with Crippen molar-refractivity contribution in [3.8, 4) is 0 Å². The molecule has 1 aromatic rings. The lowest BCUT2D eigenvalue weighted by Gasteiger charge is -2.44. The van der Waals surface area contributed by atoms with Crippen LogP contribution < -0.4 is 5.32 Å². The van der Waals surface area contributed by atoms with Crippen molar-refractivity contribution >= 4 is 15.5 Å². The maximum absolute atomic E-state index is 12.9. The van der Waals surface area contributed by atoms with Crippen LogP contribution in [-0.2, 0) is 16.0 Å². The van der Waals surface area contributed by atoms with Gasteiger partial charge in [-0.3, -0.25) is 0 Å². The third-order valence-electron chi connectivity index (χ3n) is 4.04. The predicted molar refractivity (Wildman–Crippen MR) is 63.7 cm³/mol. The minimum Gasteiger partial charge on any atom is -0.382 e. The van der Waals surface area contributed by atoms with Crippen LogP contribution in [0, 0.1) is 0 Å². The molecule has 19 heavy (non-hydrogen) atoms. The van der Waals surface area contributed by atoms with Crippen molar-refractivity contribution in [2.45, 2.75) is 35.1 Å². The number of rotatable bonds is 0. The Kier molecular flexibility index (Phi) is 2.46. The van der Waals surface area contributed by atoms with E-state index in [9.17, 15) is 21.6 Å². The maximum Gasteiger partial charge on any atom is 0.418 e. The quantitative estimate of drug-likeness (QED) is 0.799. The molecule has 0 unspecified atom stereocenters. The summed E-state index contributed by atoms with van der Waals surface area (Å²) >= 11 is 0. The molecule has 104 valence electrons. The average molecular weight is 291 g/mol. The van der Waals surface area contributed by atoms with Crippen molar-refractivity contribution in [3.63, 3.8) is 0 Å². The highest BCUT2D eigenvalue weighted by Crippen LogP contribution is 2.49. The lowest BCUT2D eigenvalue weighted by atomic mass is 9.84. The minimum atomic E-state index is -4.56. The second kappa shape index (κ2) is 3.65. The van der Waals surface area contributed by atoms with E-state index >= 15 is 0 Å². The topological polar surface area (TPSA) is 46.2 Å². The number of hydrogen-bond donors (Lipinski definition) is 1. The predicted octanol–water partition coefficient (Wildman–Crippen LogP) is 2.83. The van der Waals surface area contributed by atoms with Gasteiger partial charge in [-0.05, 0) is 25.0 Å². The molecule has 0 aromatic heterocycles. The highest BCUT2D eigenvalue weighted by atomic mass is 32.2. The number of para-hydroxylation sites is 1. The van der Waals surface area contributed by atoms with Gasteiger partial charge in [0, 0.05) is 6.54 Å². The van der Waals surface area contributed by atoms with Gasteiger partial charge in [0.25, 0.3) is 0 Å². The molecule has 1 heterocycles. The molecule has 0 radical (unpaired) electrons. The molecule has 1 aliphatic heterocycles. The van der Waals surface area contributed by atoms with Gasteiger partial charge in [0.15, 0.2) is 9.84 Å². The van der Waals surface area contributed by atoms with Gasteiger partial charge in [-0.2, -0.15) is 13.2 Å². The van der Waals surface area contributed by atoms with Gasteiger partial charge in [-0.15, -0.1) is 0 Å². The second-order valence-corrected chi connectivity index (χ2v) is 7.38. The summed E-state index contributed by atoms with van der Waals surface area (Å²) in [4.78, 5) is -0.215. The van der Waals surface area contributed by atoms with Crippen molar-refractivity contribution in [3.05, 3.63) is 23.8 Å². The molecular formula is C12H12F3NO2S. The number of alkyl halides is 3. The van der Waals surface area contributed by atoms with E-state index in [0.29, 0.717) is 12.8 Å². The van der Waals surface area contributed by atoms with Crippen LogP contribution in [-0.4, -0.2) is 19.7 Å². The van der Waals surface area contributed by atoms with Crippen LogP contribution in [0.4, 0.5) is 18.9 Å². The zero-order valence-corrected chi connectivity index (χ0v) is 10.7. The third-order valence-corrected chi connectivity index (χ3v) is 6.66. The van der Waals surface area contributed by atoms with Crippen molar-refractivity contribution in [2.24, 2.45) is 0 Å². The molecule has 3 nitrogen and oxygen atoms in total. The van der Waals surface area contributed by atoms with Gasteiger partial charge in [-0.25, -0.2) is 8.42 Å². The molecule has 1 aliphatic carbocycles.